The van der Waals surface area contributed by atoms with Gasteiger partial charge in [-0.15, -0.1) is 0 Å². The van der Waals surface area contributed by atoms with Crippen LogP contribution < -0.4 is 0 Å². The molecule has 0 radical (unpaired) electrons. The topological polar surface area (TPSA) is 44.8 Å². The molecule has 0 unspecified atom stereocenters. The van der Waals surface area contributed by atoms with Crippen LogP contribution in [-0.4, -0.2) is 31.4 Å². The minimum Gasteiger partial charge on any atom is -0.471 e. The Bertz CT molecular complexity index is 326. The van der Waals surface area contributed by atoms with Crippen molar-refractivity contribution in [2.75, 3.05) is 0 Å². The second-order valence-corrected chi connectivity index (χ2v) is 19.0. The highest BCUT2D eigenvalue weighted by atomic mass is 28.5. The molecular formula is C12H28O4Si3. The maximum Gasteiger partial charge on any atom is 0.546 e. The van der Waals surface area contributed by atoms with E-state index in [-0.39, 0.29) is 0 Å². The van der Waals surface area contributed by atoms with E-state index in [1.807, 2.05) is 6.92 Å². The Morgan fingerprint density at radius 3 is 1.58 bits per heavy atom. The highest BCUT2D eigenvalue weighted by molar-refractivity contribution is 6.86. The maximum atomic E-state index is 11.9. The van der Waals surface area contributed by atoms with Crippen LogP contribution in [0.2, 0.25) is 45.3 Å². The van der Waals surface area contributed by atoms with Crippen molar-refractivity contribution in [2.45, 2.75) is 59.2 Å². The van der Waals surface area contributed by atoms with Crippen LogP contribution >= 0.6 is 0 Å². The van der Waals surface area contributed by atoms with Gasteiger partial charge in [0.1, 0.15) is 0 Å². The minimum absolute atomic E-state index is 0.378. The summed E-state index contributed by atoms with van der Waals surface area (Å²) in [6, 6.07) is 0.598. The average molecular weight is 321 g/mol. The van der Waals surface area contributed by atoms with Crippen LogP contribution in [0.25, 0.3) is 0 Å². The molecule has 0 aliphatic heterocycles. The monoisotopic (exact) mass is 320 g/mol. The molecule has 0 aromatic heterocycles. The van der Waals surface area contributed by atoms with Gasteiger partial charge in [0.25, 0.3) is 0 Å². The van der Waals surface area contributed by atoms with Crippen molar-refractivity contribution in [2.24, 2.45) is 0 Å². The second-order valence-electron chi connectivity index (χ2n) is 6.64. The Morgan fingerprint density at radius 2 is 1.37 bits per heavy atom. The van der Waals surface area contributed by atoms with Crippen molar-refractivity contribution in [3.8, 4) is 0 Å². The van der Waals surface area contributed by atoms with E-state index in [1.54, 1.807) is 6.92 Å². The summed E-state index contributed by atoms with van der Waals surface area (Å²) in [6.45, 7) is 19.7. The van der Waals surface area contributed by atoms with Crippen LogP contribution in [0.4, 0.5) is 0 Å². The fourth-order valence-corrected chi connectivity index (χ4v) is 11.5. The first-order chi connectivity index (χ1) is 8.30. The van der Waals surface area contributed by atoms with Crippen LogP contribution in [0.15, 0.2) is 12.2 Å². The van der Waals surface area contributed by atoms with E-state index in [9.17, 15) is 4.79 Å². The molecule has 0 N–H and O–H groups in total. The number of hydrogen-bond donors (Lipinski definition) is 0. The smallest absolute Gasteiger partial charge is 0.471 e. The standard InChI is InChI=1S/C12H28O4Si3/c1-10-19(15-17(4,5)6,16-18(7,8)9)14-12(13)11(2)3/h2,10H2,1,3-9H3. The van der Waals surface area contributed by atoms with E-state index in [2.05, 4.69) is 45.9 Å². The van der Waals surface area contributed by atoms with Crippen LogP contribution in [-0.2, 0) is 17.5 Å². The predicted octanol–water partition coefficient (Wildman–Crippen LogP) is 3.77. The zero-order valence-electron chi connectivity index (χ0n) is 13.5. The molecule has 0 spiro atoms. The van der Waals surface area contributed by atoms with E-state index >= 15 is 0 Å². The average Bonchev–Trinajstić information content (AvgIpc) is 2.11. The van der Waals surface area contributed by atoms with E-state index < -0.39 is 31.4 Å². The molecule has 0 heterocycles. The zero-order valence-corrected chi connectivity index (χ0v) is 16.5. The summed E-state index contributed by atoms with van der Waals surface area (Å²) in [7, 11) is -6.68. The lowest BCUT2D eigenvalue weighted by Crippen LogP contribution is -2.57. The van der Waals surface area contributed by atoms with Crippen molar-refractivity contribution in [3.05, 3.63) is 12.2 Å². The predicted molar refractivity (Wildman–Crippen MR) is 86.0 cm³/mol. The molecule has 19 heavy (non-hydrogen) atoms. The van der Waals surface area contributed by atoms with E-state index in [0.717, 1.165) is 0 Å². The Morgan fingerprint density at radius 1 is 1.00 bits per heavy atom. The van der Waals surface area contributed by atoms with Gasteiger partial charge in [-0.3, -0.25) is 0 Å². The van der Waals surface area contributed by atoms with E-state index in [0.29, 0.717) is 11.6 Å². The largest absolute Gasteiger partial charge is 0.546 e. The molecule has 0 fully saturated rings. The van der Waals surface area contributed by atoms with Crippen molar-refractivity contribution in [1.29, 1.82) is 0 Å². The zero-order chi connectivity index (χ0) is 15.5. The van der Waals surface area contributed by atoms with Crippen molar-refractivity contribution < 1.29 is 17.5 Å². The van der Waals surface area contributed by atoms with Crippen LogP contribution in [0.3, 0.4) is 0 Å². The van der Waals surface area contributed by atoms with Gasteiger partial charge in [0.2, 0.25) is 0 Å². The van der Waals surface area contributed by atoms with Crippen LogP contribution in [0.1, 0.15) is 13.8 Å². The molecule has 0 aliphatic carbocycles. The fraction of sp³-hybridized carbons (Fsp3) is 0.750. The van der Waals surface area contributed by atoms with Crippen LogP contribution in [0.5, 0.6) is 0 Å². The van der Waals surface area contributed by atoms with Gasteiger partial charge in [0.05, 0.1) is 0 Å². The van der Waals surface area contributed by atoms with Gasteiger partial charge in [0.15, 0.2) is 16.6 Å². The first-order valence-corrected chi connectivity index (χ1v) is 15.3. The number of carbonyl (C=O) groups is 1. The van der Waals surface area contributed by atoms with Crippen molar-refractivity contribution in [1.82, 2.24) is 0 Å². The van der Waals surface area contributed by atoms with Gasteiger partial charge < -0.3 is 12.7 Å². The SMILES string of the molecule is C=C(C)C(=O)O[Si](CC)(O[Si](C)(C)C)O[Si](C)(C)C. The normalized spacial score (nSPS) is 13.3. The molecule has 0 aliphatic rings. The summed E-state index contributed by atoms with van der Waals surface area (Å²) in [5.74, 6) is -0.412. The molecule has 0 saturated carbocycles. The summed E-state index contributed by atoms with van der Waals surface area (Å²) >= 11 is 0. The van der Waals surface area contributed by atoms with Gasteiger partial charge >= 0.3 is 14.8 Å². The van der Waals surface area contributed by atoms with Gasteiger partial charge in [0, 0.05) is 11.6 Å². The lowest BCUT2D eigenvalue weighted by molar-refractivity contribution is -0.133. The summed E-state index contributed by atoms with van der Waals surface area (Å²) in [5.41, 5.74) is 0.378. The van der Waals surface area contributed by atoms with E-state index in [4.69, 9.17) is 12.7 Å². The third-order valence-electron chi connectivity index (χ3n) is 1.95. The molecule has 0 aromatic carbocycles. The summed E-state index contributed by atoms with van der Waals surface area (Å²) < 4.78 is 18.0. The van der Waals surface area contributed by atoms with Gasteiger partial charge in [-0.25, -0.2) is 4.79 Å². The molecular weight excluding hydrogens is 292 g/mol. The molecule has 0 aromatic rings. The first-order valence-electron chi connectivity index (χ1n) is 6.59. The number of carbonyl (C=O) groups excluding carboxylic acids is 1. The minimum atomic E-state index is -2.95. The third-order valence-corrected chi connectivity index (χ3v) is 10.7. The Balaban J connectivity index is 5.29. The molecule has 0 rings (SSSR count). The second kappa shape index (κ2) is 6.49. The Labute approximate surface area is 120 Å². The van der Waals surface area contributed by atoms with Gasteiger partial charge in [-0.2, -0.15) is 0 Å². The van der Waals surface area contributed by atoms with Gasteiger partial charge in [-0.05, 0) is 46.2 Å². The third kappa shape index (κ3) is 7.83. The van der Waals surface area contributed by atoms with Gasteiger partial charge in [-0.1, -0.05) is 13.5 Å². The molecule has 0 atom stereocenters. The van der Waals surface area contributed by atoms with Crippen LogP contribution in [0, 0.1) is 0 Å². The Kier molecular flexibility index (Phi) is 6.41. The lowest BCUT2D eigenvalue weighted by atomic mass is 10.4. The Hall–Kier alpha value is -0.219. The number of hydrogen-bond acceptors (Lipinski definition) is 4. The summed E-state index contributed by atoms with van der Waals surface area (Å²) in [5, 5.41) is 0. The molecule has 0 amide bonds. The molecule has 7 heteroatoms. The quantitative estimate of drug-likeness (QED) is 0.529. The molecule has 112 valence electrons. The maximum absolute atomic E-state index is 11.9. The number of rotatable bonds is 7. The van der Waals surface area contributed by atoms with Crippen molar-refractivity contribution >= 4 is 31.4 Å². The first kappa shape index (κ1) is 18.8. The highest BCUT2D eigenvalue weighted by Crippen LogP contribution is 2.26. The molecule has 4 nitrogen and oxygen atoms in total. The molecule has 0 bridgehead atoms. The van der Waals surface area contributed by atoms with Crippen molar-refractivity contribution in [3.63, 3.8) is 0 Å². The summed E-state index contributed by atoms with van der Waals surface area (Å²) in [6.07, 6.45) is 0. The fourth-order valence-electron chi connectivity index (χ4n) is 1.44. The van der Waals surface area contributed by atoms with E-state index in [1.165, 1.54) is 0 Å². The molecule has 0 saturated heterocycles. The lowest BCUT2D eigenvalue weighted by Gasteiger charge is -2.38. The highest BCUT2D eigenvalue weighted by Gasteiger charge is 2.49. The summed E-state index contributed by atoms with van der Waals surface area (Å²) in [4.78, 5) is 11.9.